The van der Waals surface area contributed by atoms with Gasteiger partial charge in [0.05, 0.1) is 12.0 Å². The van der Waals surface area contributed by atoms with Gasteiger partial charge in [-0.25, -0.2) is 0 Å². The van der Waals surface area contributed by atoms with E-state index in [1.54, 1.807) is 0 Å². The molecule has 0 aromatic rings. The second-order valence-corrected chi connectivity index (χ2v) is 2.15. The van der Waals surface area contributed by atoms with Crippen LogP contribution < -0.4 is 0 Å². The minimum atomic E-state index is 0.208. The fourth-order valence-electron chi connectivity index (χ4n) is 0.844. The van der Waals surface area contributed by atoms with E-state index >= 15 is 0 Å². The van der Waals surface area contributed by atoms with Crippen LogP contribution in [-0.4, -0.2) is 0 Å². The summed E-state index contributed by atoms with van der Waals surface area (Å²) in [7, 11) is 0. The molecule has 0 amide bonds. The van der Waals surface area contributed by atoms with Gasteiger partial charge in [0.25, 0.3) is 0 Å². The highest BCUT2D eigenvalue weighted by atomic mass is 14.3. The first kappa shape index (κ1) is 6.10. The Morgan fingerprint density at radius 2 is 1.78 bits per heavy atom. The van der Waals surface area contributed by atoms with Crippen LogP contribution in [0.1, 0.15) is 12.8 Å². The number of hydrogen-bond acceptors (Lipinski definition) is 1. The molecule has 9 heavy (non-hydrogen) atoms. The molecule has 0 aromatic carbocycles. The van der Waals surface area contributed by atoms with Crippen LogP contribution in [-0.2, 0) is 0 Å². The van der Waals surface area contributed by atoms with Crippen molar-refractivity contribution in [3.05, 3.63) is 24.3 Å². The van der Waals surface area contributed by atoms with Gasteiger partial charge in [-0.1, -0.05) is 24.3 Å². The van der Waals surface area contributed by atoms with Gasteiger partial charge >= 0.3 is 0 Å². The lowest BCUT2D eigenvalue weighted by atomic mass is 10.1. The largest absolute Gasteiger partial charge is 0.198 e. The van der Waals surface area contributed by atoms with Crippen LogP contribution in [0.2, 0.25) is 0 Å². The van der Waals surface area contributed by atoms with E-state index in [-0.39, 0.29) is 5.92 Å². The zero-order valence-electron chi connectivity index (χ0n) is 5.25. The lowest BCUT2D eigenvalue weighted by Gasteiger charge is -1.96. The van der Waals surface area contributed by atoms with E-state index in [9.17, 15) is 0 Å². The third-order valence-corrected chi connectivity index (χ3v) is 1.41. The summed E-state index contributed by atoms with van der Waals surface area (Å²) in [6.07, 6.45) is 9.89. The Labute approximate surface area is 55.3 Å². The molecule has 1 aliphatic rings. The molecule has 0 radical (unpaired) electrons. The van der Waals surface area contributed by atoms with Crippen molar-refractivity contribution in [1.82, 2.24) is 0 Å². The molecule has 0 fully saturated rings. The Hall–Kier alpha value is -1.03. The van der Waals surface area contributed by atoms with Gasteiger partial charge in [-0.15, -0.1) is 0 Å². The second kappa shape index (κ2) is 3.09. The number of hydrogen-bond donors (Lipinski definition) is 0. The van der Waals surface area contributed by atoms with Gasteiger partial charge in [-0.3, -0.25) is 0 Å². The molecule has 1 heteroatoms. The molecule has 0 aliphatic heterocycles. The molecule has 1 aliphatic carbocycles. The highest BCUT2D eigenvalue weighted by molar-refractivity contribution is 5.09. The van der Waals surface area contributed by atoms with Gasteiger partial charge in [-0.2, -0.15) is 5.26 Å². The smallest absolute Gasteiger partial charge is 0.0662 e. The van der Waals surface area contributed by atoms with Gasteiger partial charge < -0.3 is 0 Å². The molecule has 0 saturated heterocycles. The summed E-state index contributed by atoms with van der Waals surface area (Å²) in [4.78, 5) is 0. The molecule has 0 saturated carbocycles. The summed E-state index contributed by atoms with van der Waals surface area (Å²) in [6, 6.07) is 2.24. The number of nitriles is 1. The van der Waals surface area contributed by atoms with Crippen molar-refractivity contribution in [3.63, 3.8) is 0 Å². The maximum Gasteiger partial charge on any atom is 0.0662 e. The predicted octanol–water partition coefficient (Wildman–Crippen LogP) is 2.03. The lowest BCUT2D eigenvalue weighted by molar-refractivity contribution is 0.694. The molecule has 0 heterocycles. The van der Waals surface area contributed by atoms with Crippen LogP contribution >= 0.6 is 0 Å². The first-order chi connectivity index (χ1) is 4.43. The quantitative estimate of drug-likeness (QED) is 0.478. The van der Waals surface area contributed by atoms with Crippen LogP contribution in [0.5, 0.6) is 0 Å². The fraction of sp³-hybridized carbons (Fsp3) is 0.375. The molecule has 0 unspecified atom stereocenters. The molecule has 0 spiro atoms. The van der Waals surface area contributed by atoms with E-state index < -0.39 is 0 Å². The van der Waals surface area contributed by atoms with Crippen LogP contribution in [0, 0.1) is 17.2 Å². The molecular formula is C8H9N. The van der Waals surface area contributed by atoms with Gasteiger partial charge in [0.15, 0.2) is 0 Å². The first-order valence-corrected chi connectivity index (χ1v) is 3.15. The standard InChI is InChI=1S/C8H9N/c9-7-8-5-3-1-2-4-6-8/h1-4,8H,5-6H2. The van der Waals surface area contributed by atoms with Gasteiger partial charge in [-0.05, 0) is 12.8 Å². The molecular weight excluding hydrogens is 110 g/mol. The van der Waals surface area contributed by atoms with Gasteiger partial charge in [0.2, 0.25) is 0 Å². The lowest BCUT2D eigenvalue weighted by Crippen LogP contribution is -1.90. The number of nitrogens with zero attached hydrogens (tertiary/aromatic N) is 1. The monoisotopic (exact) mass is 119 g/mol. The van der Waals surface area contributed by atoms with E-state index in [0.717, 1.165) is 12.8 Å². The Balaban J connectivity index is 2.53. The van der Waals surface area contributed by atoms with E-state index in [1.807, 2.05) is 24.3 Å². The van der Waals surface area contributed by atoms with E-state index in [0.29, 0.717) is 0 Å². The summed E-state index contributed by atoms with van der Waals surface area (Å²) >= 11 is 0. The first-order valence-electron chi connectivity index (χ1n) is 3.15. The van der Waals surface area contributed by atoms with Crippen molar-refractivity contribution in [3.8, 4) is 6.07 Å². The minimum absolute atomic E-state index is 0.208. The predicted molar refractivity (Wildman–Crippen MR) is 36.6 cm³/mol. The zero-order valence-corrected chi connectivity index (χ0v) is 5.25. The van der Waals surface area contributed by atoms with Crippen LogP contribution in [0.3, 0.4) is 0 Å². The minimum Gasteiger partial charge on any atom is -0.198 e. The van der Waals surface area contributed by atoms with Crippen molar-refractivity contribution < 1.29 is 0 Å². The normalized spacial score (nSPS) is 19.0. The summed E-state index contributed by atoms with van der Waals surface area (Å²) in [5.41, 5.74) is 0. The Kier molecular flexibility index (Phi) is 2.09. The maximum absolute atomic E-state index is 8.50. The zero-order chi connectivity index (χ0) is 6.53. The fourth-order valence-corrected chi connectivity index (χ4v) is 0.844. The summed E-state index contributed by atoms with van der Waals surface area (Å²) in [6.45, 7) is 0. The SMILES string of the molecule is N#CC1CC=CC=CC1. The second-order valence-electron chi connectivity index (χ2n) is 2.15. The van der Waals surface area contributed by atoms with Crippen molar-refractivity contribution in [2.75, 3.05) is 0 Å². The third kappa shape index (κ3) is 1.73. The highest BCUT2D eigenvalue weighted by Crippen LogP contribution is 2.11. The Bertz CT molecular complexity index is 157. The third-order valence-electron chi connectivity index (χ3n) is 1.41. The van der Waals surface area contributed by atoms with Crippen LogP contribution in [0.25, 0.3) is 0 Å². The molecule has 46 valence electrons. The highest BCUT2D eigenvalue weighted by Gasteiger charge is 2.02. The molecule has 1 nitrogen and oxygen atoms in total. The molecule has 1 rings (SSSR count). The van der Waals surface area contributed by atoms with Crippen molar-refractivity contribution in [2.24, 2.45) is 5.92 Å². The average Bonchev–Trinajstić information content (AvgIpc) is 2.13. The van der Waals surface area contributed by atoms with E-state index in [1.165, 1.54) is 0 Å². The maximum atomic E-state index is 8.50. The average molecular weight is 119 g/mol. The van der Waals surface area contributed by atoms with Gasteiger partial charge in [0, 0.05) is 0 Å². The topological polar surface area (TPSA) is 23.8 Å². The van der Waals surface area contributed by atoms with E-state index in [2.05, 4.69) is 6.07 Å². The number of allylic oxidation sites excluding steroid dienone is 4. The summed E-state index contributed by atoms with van der Waals surface area (Å²) in [5, 5.41) is 8.50. The summed E-state index contributed by atoms with van der Waals surface area (Å²) < 4.78 is 0. The van der Waals surface area contributed by atoms with Gasteiger partial charge in [0.1, 0.15) is 0 Å². The Morgan fingerprint density at radius 1 is 1.22 bits per heavy atom. The van der Waals surface area contributed by atoms with Crippen molar-refractivity contribution >= 4 is 0 Å². The Morgan fingerprint density at radius 3 is 2.22 bits per heavy atom. The molecule has 0 aromatic heterocycles. The molecule has 0 atom stereocenters. The summed E-state index contributed by atoms with van der Waals surface area (Å²) in [5.74, 6) is 0.208. The van der Waals surface area contributed by atoms with Crippen molar-refractivity contribution in [2.45, 2.75) is 12.8 Å². The molecule has 0 N–H and O–H groups in total. The number of rotatable bonds is 0. The van der Waals surface area contributed by atoms with E-state index in [4.69, 9.17) is 5.26 Å². The van der Waals surface area contributed by atoms with Crippen molar-refractivity contribution in [1.29, 1.82) is 5.26 Å². The molecule has 0 bridgehead atoms. The van der Waals surface area contributed by atoms with Crippen LogP contribution in [0.4, 0.5) is 0 Å². The van der Waals surface area contributed by atoms with Crippen LogP contribution in [0.15, 0.2) is 24.3 Å².